The maximum absolute atomic E-state index is 11.5. The number of benzene rings is 1. The van der Waals surface area contributed by atoms with Crippen LogP contribution < -0.4 is 10.6 Å². The number of carbonyl (C=O) groups excluding carboxylic acids is 1. The van der Waals surface area contributed by atoms with E-state index < -0.39 is 17.9 Å². The van der Waals surface area contributed by atoms with Crippen molar-refractivity contribution in [3.63, 3.8) is 0 Å². The van der Waals surface area contributed by atoms with Gasteiger partial charge in [0.1, 0.15) is 6.04 Å². The molecule has 1 aromatic rings. The molecule has 0 bridgehead atoms. The van der Waals surface area contributed by atoms with Crippen molar-refractivity contribution < 1.29 is 14.7 Å². The van der Waals surface area contributed by atoms with E-state index in [4.69, 9.17) is 17.3 Å². The number of hydrogen-bond acceptors (Lipinski definition) is 3. The summed E-state index contributed by atoms with van der Waals surface area (Å²) < 4.78 is 0. The van der Waals surface area contributed by atoms with Crippen molar-refractivity contribution in [3.8, 4) is 0 Å². The van der Waals surface area contributed by atoms with E-state index in [1.807, 2.05) is 6.92 Å². The lowest BCUT2D eigenvalue weighted by molar-refractivity contribution is -0.139. The highest BCUT2D eigenvalue weighted by atomic mass is 35.5. The second kappa shape index (κ2) is 5.09. The molecular weight excluding hydrogens is 268 g/mol. The van der Waals surface area contributed by atoms with Crippen molar-refractivity contribution in [1.29, 1.82) is 0 Å². The minimum Gasteiger partial charge on any atom is -0.480 e. The summed E-state index contributed by atoms with van der Waals surface area (Å²) >= 11 is 5.85. The minimum absolute atomic E-state index is 0.0221. The molecular formula is C13H15ClN2O3. The summed E-state index contributed by atoms with van der Waals surface area (Å²) in [4.78, 5) is 24.5. The molecule has 19 heavy (non-hydrogen) atoms. The number of carbonyl (C=O) groups is 2. The molecule has 1 aromatic carbocycles. The zero-order chi connectivity index (χ0) is 14.2. The normalized spacial score (nSPS) is 22.5. The molecule has 2 unspecified atom stereocenters. The van der Waals surface area contributed by atoms with Crippen LogP contribution in [-0.2, 0) is 4.79 Å². The molecule has 3 N–H and O–H groups in total. The maximum atomic E-state index is 11.5. The fourth-order valence-corrected chi connectivity index (χ4v) is 2.72. The molecule has 1 saturated heterocycles. The van der Waals surface area contributed by atoms with Crippen LogP contribution in [0, 0.1) is 5.92 Å². The van der Waals surface area contributed by atoms with Gasteiger partial charge in [-0.2, -0.15) is 0 Å². The lowest BCUT2D eigenvalue weighted by Crippen LogP contribution is -2.40. The Morgan fingerprint density at radius 1 is 1.47 bits per heavy atom. The topological polar surface area (TPSA) is 83.6 Å². The van der Waals surface area contributed by atoms with Gasteiger partial charge in [0.2, 0.25) is 0 Å². The Hall–Kier alpha value is -1.75. The third kappa shape index (κ3) is 2.51. The van der Waals surface area contributed by atoms with Gasteiger partial charge in [0, 0.05) is 11.6 Å². The summed E-state index contributed by atoms with van der Waals surface area (Å²) in [5.41, 5.74) is 6.13. The van der Waals surface area contributed by atoms with Gasteiger partial charge in [-0.25, -0.2) is 4.79 Å². The predicted octanol–water partition coefficient (Wildman–Crippen LogP) is 1.74. The summed E-state index contributed by atoms with van der Waals surface area (Å²) in [6.07, 6.45) is 0.762. The summed E-state index contributed by atoms with van der Waals surface area (Å²) in [5, 5.41) is 9.72. The van der Waals surface area contributed by atoms with E-state index in [1.165, 1.54) is 6.07 Å². The van der Waals surface area contributed by atoms with E-state index in [1.54, 1.807) is 17.0 Å². The Morgan fingerprint density at radius 3 is 2.74 bits per heavy atom. The van der Waals surface area contributed by atoms with E-state index in [-0.39, 0.29) is 11.5 Å². The van der Waals surface area contributed by atoms with Gasteiger partial charge >= 0.3 is 5.97 Å². The average molecular weight is 283 g/mol. The molecule has 0 saturated carbocycles. The standard InChI is InChI=1S/C13H15ClN2O3/c1-7-4-5-16(11(7)13(18)19)10-3-2-8(14)6-9(10)12(15)17/h2-3,6-7,11H,4-5H2,1H3,(H2,15,17)(H,18,19). The molecule has 1 amide bonds. The first-order chi connectivity index (χ1) is 8.91. The van der Waals surface area contributed by atoms with Gasteiger partial charge in [0.05, 0.1) is 11.3 Å². The number of hydrogen-bond donors (Lipinski definition) is 2. The molecule has 102 valence electrons. The van der Waals surface area contributed by atoms with Gasteiger partial charge < -0.3 is 15.7 Å². The summed E-state index contributed by atoms with van der Waals surface area (Å²) in [5.74, 6) is -1.48. The average Bonchev–Trinajstić information content (AvgIpc) is 2.70. The van der Waals surface area contributed by atoms with Crippen LogP contribution in [0.5, 0.6) is 0 Å². The number of carboxylic acids is 1. The van der Waals surface area contributed by atoms with E-state index >= 15 is 0 Å². The number of nitrogens with two attached hydrogens (primary N) is 1. The number of halogens is 1. The number of carboxylic acid groups (broad SMARTS) is 1. The lowest BCUT2D eigenvalue weighted by atomic mass is 10.0. The van der Waals surface area contributed by atoms with Crippen molar-refractivity contribution in [1.82, 2.24) is 0 Å². The summed E-state index contributed by atoms with van der Waals surface area (Å²) in [6, 6.07) is 4.11. The fraction of sp³-hybridized carbons (Fsp3) is 0.385. The number of amides is 1. The monoisotopic (exact) mass is 282 g/mol. The molecule has 0 aromatic heterocycles. The van der Waals surface area contributed by atoms with Crippen LogP contribution in [0.25, 0.3) is 0 Å². The van der Waals surface area contributed by atoms with Gasteiger partial charge in [0.15, 0.2) is 0 Å². The fourth-order valence-electron chi connectivity index (χ4n) is 2.55. The minimum atomic E-state index is -0.893. The first-order valence-corrected chi connectivity index (χ1v) is 6.38. The molecule has 5 nitrogen and oxygen atoms in total. The van der Waals surface area contributed by atoms with Gasteiger partial charge in [-0.1, -0.05) is 18.5 Å². The van der Waals surface area contributed by atoms with Crippen molar-refractivity contribution in [2.24, 2.45) is 11.7 Å². The summed E-state index contributed by atoms with van der Waals surface area (Å²) in [6.45, 7) is 2.47. The molecule has 2 rings (SSSR count). The number of aliphatic carboxylic acids is 1. The zero-order valence-corrected chi connectivity index (χ0v) is 11.2. The van der Waals surface area contributed by atoms with Crippen molar-refractivity contribution in [2.75, 3.05) is 11.4 Å². The van der Waals surface area contributed by atoms with E-state index in [0.29, 0.717) is 17.3 Å². The summed E-state index contributed by atoms with van der Waals surface area (Å²) in [7, 11) is 0. The van der Waals surface area contributed by atoms with Crippen LogP contribution in [0.3, 0.4) is 0 Å². The Kier molecular flexibility index (Phi) is 3.66. The first-order valence-electron chi connectivity index (χ1n) is 6.00. The smallest absolute Gasteiger partial charge is 0.326 e. The zero-order valence-electron chi connectivity index (χ0n) is 10.5. The Balaban J connectivity index is 2.47. The molecule has 2 atom stereocenters. The molecule has 0 radical (unpaired) electrons. The Labute approximate surface area is 116 Å². The maximum Gasteiger partial charge on any atom is 0.326 e. The highest BCUT2D eigenvalue weighted by Crippen LogP contribution is 2.33. The molecule has 0 spiro atoms. The quantitative estimate of drug-likeness (QED) is 0.884. The molecule has 1 heterocycles. The van der Waals surface area contributed by atoms with Crippen molar-refractivity contribution in [2.45, 2.75) is 19.4 Å². The van der Waals surface area contributed by atoms with Crippen molar-refractivity contribution >= 4 is 29.2 Å². The van der Waals surface area contributed by atoms with Crippen LogP contribution in [-0.4, -0.2) is 29.6 Å². The van der Waals surface area contributed by atoms with E-state index in [2.05, 4.69) is 0 Å². The van der Waals surface area contributed by atoms with Crippen LogP contribution in [0.2, 0.25) is 5.02 Å². The predicted molar refractivity (Wildman–Crippen MR) is 72.5 cm³/mol. The van der Waals surface area contributed by atoms with Crippen LogP contribution in [0.1, 0.15) is 23.7 Å². The van der Waals surface area contributed by atoms with Crippen LogP contribution in [0.15, 0.2) is 18.2 Å². The number of anilines is 1. The number of primary amides is 1. The molecule has 1 aliphatic heterocycles. The largest absolute Gasteiger partial charge is 0.480 e. The molecule has 1 fully saturated rings. The molecule has 0 aliphatic carbocycles. The Morgan fingerprint density at radius 2 is 2.16 bits per heavy atom. The van der Waals surface area contributed by atoms with E-state index in [9.17, 15) is 14.7 Å². The number of rotatable bonds is 3. The number of nitrogens with zero attached hydrogens (tertiary/aromatic N) is 1. The highest BCUT2D eigenvalue weighted by molar-refractivity contribution is 6.31. The lowest BCUT2D eigenvalue weighted by Gasteiger charge is -2.27. The van der Waals surface area contributed by atoms with Crippen LogP contribution in [0.4, 0.5) is 5.69 Å². The third-order valence-corrected chi connectivity index (χ3v) is 3.72. The SMILES string of the molecule is CC1CCN(c2ccc(Cl)cc2C(N)=O)C1C(=O)O. The molecule has 1 aliphatic rings. The first kappa shape index (κ1) is 13.7. The van der Waals surface area contributed by atoms with E-state index in [0.717, 1.165) is 6.42 Å². The van der Waals surface area contributed by atoms with Gasteiger partial charge in [0.25, 0.3) is 5.91 Å². The second-order valence-electron chi connectivity index (χ2n) is 4.77. The third-order valence-electron chi connectivity index (χ3n) is 3.49. The van der Waals surface area contributed by atoms with Crippen LogP contribution >= 0.6 is 11.6 Å². The van der Waals surface area contributed by atoms with Gasteiger partial charge in [-0.05, 0) is 30.5 Å². The highest BCUT2D eigenvalue weighted by Gasteiger charge is 2.38. The second-order valence-corrected chi connectivity index (χ2v) is 5.20. The molecule has 6 heteroatoms. The van der Waals surface area contributed by atoms with Gasteiger partial charge in [-0.15, -0.1) is 0 Å². The van der Waals surface area contributed by atoms with Gasteiger partial charge in [-0.3, -0.25) is 4.79 Å². The Bertz CT molecular complexity index is 533. The van der Waals surface area contributed by atoms with Crippen molar-refractivity contribution in [3.05, 3.63) is 28.8 Å².